The zero-order valence-electron chi connectivity index (χ0n) is 17.4. The predicted molar refractivity (Wildman–Crippen MR) is 120 cm³/mol. The number of carbonyl (C=O) groups excluding carboxylic acids is 3. The van der Waals surface area contributed by atoms with Crippen LogP contribution in [0.25, 0.3) is 0 Å². The van der Waals surface area contributed by atoms with E-state index in [0.29, 0.717) is 39.9 Å². The molecule has 0 aromatic heterocycles. The highest BCUT2D eigenvalue weighted by atomic mass is 16.7. The number of benzene rings is 3. The molecule has 0 saturated carbocycles. The van der Waals surface area contributed by atoms with Gasteiger partial charge in [-0.05, 0) is 48.5 Å². The number of amides is 3. The topological polar surface area (TPSA) is 106 Å². The minimum absolute atomic E-state index is 0.118. The molecule has 3 amide bonds. The summed E-state index contributed by atoms with van der Waals surface area (Å²) in [5.41, 5.74) is 1.87. The number of nitrogens with one attached hydrogen (secondary N) is 2. The van der Waals surface area contributed by atoms with Crippen LogP contribution in [0.5, 0.6) is 17.2 Å². The van der Waals surface area contributed by atoms with Crippen molar-refractivity contribution in [2.24, 2.45) is 0 Å². The second kappa shape index (κ2) is 8.54. The summed E-state index contributed by atoms with van der Waals surface area (Å²) in [6, 6.07) is 18.8. The van der Waals surface area contributed by atoms with Crippen molar-refractivity contribution >= 4 is 34.8 Å². The molecule has 0 fully saturated rings. The zero-order chi connectivity index (χ0) is 22.8. The SMILES string of the molecule is O=C(CN1C(=O)COc2ccc(NC(=O)c3ccc4c(c3)OCO4)cc21)Nc1ccccc1. The van der Waals surface area contributed by atoms with Crippen LogP contribution in [-0.4, -0.2) is 37.7 Å². The molecule has 9 heteroatoms. The van der Waals surface area contributed by atoms with Crippen LogP contribution in [0.1, 0.15) is 10.4 Å². The molecule has 0 saturated heterocycles. The Bertz CT molecular complexity index is 1240. The van der Waals surface area contributed by atoms with Gasteiger partial charge in [-0.15, -0.1) is 0 Å². The fraction of sp³-hybridized carbons (Fsp3) is 0.125. The number of nitrogens with zero attached hydrogens (tertiary/aromatic N) is 1. The molecule has 33 heavy (non-hydrogen) atoms. The number of ether oxygens (including phenoxy) is 3. The molecule has 0 aliphatic carbocycles. The van der Waals surface area contributed by atoms with Gasteiger partial charge in [-0.1, -0.05) is 18.2 Å². The number of fused-ring (bicyclic) bond motifs is 2. The van der Waals surface area contributed by atoms with Gasteiger partial charge < -0.3 is 24.8 Å². The normalized spacial score (nSPS) is 13.7. The number of para-hydroxylation sites is 1. The van der Waals surface area contributed by atoms with E-state index in [1.54, 1.807) is 60.7 Å². The minimum atomic E-state index is -0.357. The van der Waals surface area contributed by atoms with E-state index in [1.807, 2.05) is 6.07 Å². The molecule has 3 aromatic carbocycles. The third kappa shape index (κ3) is 4.29. The Morgan fingerprint density at radius 3 is 2.45 bits per heavy atom. The molecule has 2 aliphatic heterocycles. The van der Waals surface area contributed by atoms with E-state index >= 15 is 0 Å². The first-order valence-corrected chi connectivity index (χ1v) is 10.2. The van der Waals surface area contributed by atoms with Crippen LogP contribution in [0.4, 0.5) is 17.1 Å². The molecule has 9 nitrogen and oxygen atoms in total. The van der Waals surface area contributed by atoms with Crippen LogP contribution in [-0.2, 0) is 9.59 Å². The van der Waals surface area contributed by atoms with Crippen LogP contribution in [0.3, 0.4) is 0 Å². The van der Waals surface area contributed by atoms with Crippen molar-refractivity contribution in [3.05, 3.63) is 72.3 Å². The number of carbonyl (C=O) groups is 3. The molecule has 0 radical (unpaired) electrons. The Morgan fingerprint density at radius 1 is 0.818 bits per heavy atom. The van der Waals surface area contributed by atoms with Gasteiger partial charge in [-0.3, -0.25) is 19.3 Å². The fourth-order valence-electron chi connectivity index (χ4n) is 3.56. The summed E-state index contributed by atoms with van der Waals surface area (Å²) in [5, 5.41) is 5.56. The highest BCUT2D eigenvalue weighted by molar-refractivity contribution is 6.07. The third-order valence-electron chi connectivity index (χ3n) is 5.15. The second-order valence-electron chi connectivity index (χ2n) is 7.39. The summed E-state index contributed by atoms with van der Waals surface area (Å²) >= 11 is 0. The first-order chi connectivity index (χ1) is 16.1. The van der Waals surface area contributed by atoms with Crippen molar-refractivity contribution in [2.75, 3.05) is 35.5 Å². The van der Waals surface area contributed by atoms with E-state index in [1.165, 1.54) is 4.90 Å². The molecule has 2 heterocycles. The van der Waals surface area contributed by atoms with Crippen molar-refractivity contribution in [1.82, 2.24) is 0 Å². The predicted octanol–water partition coefficient (Wildman–Crippen LogP) is 3.03. The standard InChI is InChI=1S/C24H19N3O6/c28-22(25-16-4-2-1-3-5-16)12-27-18-11-17(7-9-19(18)31-13-23(27)29)26-24(30)15-6-8-20-21(10-15)33-14-32-20/h1-11H,12-14H2,(H,25,28)(H,26,30). The quantitative estimate of drug-likeness (QED) is 0.625. The maximum atomic E-state index is 12.7. The van der Waals surface area contributed by atoms with Crippen molar-refractivity contribution in [3.8, 4) is 17.2 Å². The first-order valence-electron chi connectivity index (χ1n) is 10.2. The summed E-state index contributed by atoms with van der Waals surface area (Å²) in [4.78, 5) is 39.1. The molecule has 166 valence electrons. The largest absolute Gasteiger partial charge is 0.482 e. The van der Waals surface area contributed by atoms with Crippen molar-refractivity contribution in [1.29, 1.82) is 0 Å². The monoisotopic (exact) mass is 445 g/mol. The maximum Gasteiger partial charge on any atom is 0.265 e. The first kappa shape index (κ1) is 20.4. The Kier molecular flexibility index (Phi) is 5.27. The van der Waals surface area contributed by atoms with Gasteiger partial charge in [0.1, 0.15) is 12.3 Å². The average Bonchev–Trinajstić information content (AvgIpc) is 3.30. The molecule has 5 rings (SSSR count). The molecule has 0 spiro atoms. The van der Waals surface area contributed by atoms with Gasteiger partial charge in [-0.25, -0.2) is 0 Å². The minimum Gasteiger partial charge on any atom is -0.482 e. The van der Waals surface area contributed by atoms with Gasteiger partial charge in [0.2, 0.25) is 12.7 Å². The van der Waals surface area contributed by atoms with E-state index < -0.39 is 0 Å². The van der Waals surface area contributed by atoms with Crippen LogP contribution in [0, 0.1) is 0 Å². The Morgan fingerprint density at radius 2 is 1.61 bits per heavy atom. The van der Waals surface area contributed by atoms with E-state index in [0.717, 1.165) is 0 Å². The maximum absolute atomic E-state index is 12.7. The summed E-state index contributed by atoms with van der Waals surface area (Å²) in [6.45, 7) is -0.245. The van der Waals surface area contributed by atoms with E-state index in [2.05, 4.69) is 10.6 Å². The molecule has 3 aromatic rings. The molecule has 0 atom stereocenters. The lowest BCUT2D eigenvalue weighted by molar-refractivity contribution is -0.123. The third-order valence-corrected chi connectivity index (χ3v) is 5.15. The molecule has 0 bridgehead atoms. The number of hydrogen-bond donors (Lipinski definition) is 2. The summed E-state index contributed by atoms with van der Waals surface area (Å²) in [6.07, 6.45) is 0. The number of rotatable bonds is 5. The smallest absolute Gasteiger partial charge is 0.265 e. The fourth-order valence-corrected chi connectivity index (χ4v) is 3.56. The Hall–Kier alpha value is -4.53. The molecule has 2 N–H and O–H groups in total. The van der Waals surface area contributed by atoms with Gasteiger partial charge in [0.25, 0.3) is 11.8 Å². The number of hydrogen-bond acceptors (Lipinski definition) is 6. The van der Waals surface area contributed by atoms with Gasteiger partial charge >= 0.3 is 0 Å². The van der Waals surface area contributed by atoms with Crippen molar-refractivity contribution < 1.29 is 28.6 Å². The van der Waals surface area contributed by atoms with Crippen LogP contribution in [0.15, 0.2) is 66.7 Å². The molecule has 0 unspecified atom stereocenters. The Labute approximate surface area is 188 Å². The summed E-state index contributed by atoms with van der Waals surface area (Å²) in [7, 11) is 0. The lowest BCUT2D eigenvalue weighted by Gasteiger charge is -2.29. The average molecular weight is 445 g/mol. The molecular weight excluding hydrogens is 426 g/mol. The van der Waals surface area contributed by atoms with E-state index in [9.17, 15) is 14.4 Å². The van der Waals surface area contributed by atoms with E-state index in [-0.39, 0.29) is 37.7 Å². The van der Waals surface area contributed by atoms with Gasteiger partial charge in [0.15, 0.2) is 18.1 Å². The molecule has 2 aliphatic rings. The molecular formula is C24H19N3O6. The summed E-state index contributed by atoms with van der Waals surface area (Å²) < 4.78 is 16.1. The van der Waals surface area contributed by atoms with Crippen molar-refractivity contribution in [3.63, 3.8) is 0 Å². The van der Waals surface area contributed by atoms with Gasteiger partial charge in [0.05, 0.1) is 5.69 Å². The van der Waals surface area contributed by atoms with Gasteiger partial charge in [0, 0.05) is 16.9 Å². The lowest BCUT2D eigenvalue weighted by Crippen LogP contribution is -2.43. The highest BCUT2D eigenvalue weighted by Crippen LogP contribution is 2.35. The van der Waals surface area contributed by atoms with Crippen LogP contribution in [0.2, 0.25) is 0 Å². The second-order valence-corrected chi connectivity index (χ2v) is 7.39. The van der Waals surface area contributed by atoms with Crippen molar-refractivity contribution in [2.45, 2.75) is 0 Å². The zero-order valence-corrected chi connectivity index (χ0v) is 17.4. The number of anilines is 3. The Balaban J connectivity index is 1.33. The van der Waals surface area contributed by atoms with Crippen LogP contribution >= 0.6 is 0 Å². The summed E-state index contributed by atoms with van der Waals surface area (Å²) in [5.74, 6) is 0.470. The van der Waals surface area contributed by atoms with Gasteiger partial charge in [-0.2, -0.15) is 0 Å². The highest BCUT2D eigenvalue weighted by Gasteiger charge is 2.28. The van der Waals surface area contributed by atoms with Crippen LogP contribution < -0.4 is 29.7 Å². The van der Waals surface area contributed by atoms with E-state index in [4.69, 9.17) is 14.2 Å². The lowest BCUT2D eigenvalue weighted by atomic mass is 10.1.